The number of rotatable bonds is 2. The standard InChI is InChI=1S/C21H16FN3O3S/c1-25(21(27)11-2-5-15-18(6-11)29-10-23-15)17-9-28-8-16-19(17)13-4-3-12(22)7-14(13)20(26)24-16/h2-7,10,17H,8-9H2,1H3,(H,24,26)/t17-/m1/s1. The minimum atomic E-state index is -0.478. The van der Waals surface area contributed by atoms with Gasteiger partial charge < -0.3 is 14.6 Å². The van der Waals surface area contributed by atoms with Crippen LogP contribution in [0.3, 0.4) is 0 Å². The van der Waals surface area contributed by atoms with E-state index in [1.54, 1.807) is 29.6 Å². The number of hydrogen-bond acceptors (Lipinski definition) is 5. The molecule has 1 atom stereocenters. The Bertz CT molecular complexity index is 1330. The Kier molecular flexibility index (Phi) is 4.18. The number of aromatic amines is 1. The predicted molar refractivity (Wildman–Crippen MR) is 109 cm³/mol. The number of ether oxygens (including phenoxy) is 1. The van der Waals surface area contributed by atoms with Crippen molar-refractivity contribution in [3.8, 4) is 0 Å². The Morgan fingerprint density at radius 1 is 1.28 bits per heavy atom. The molecule has 0 spiro atoms. The summed E-state index contributed by atoms with van der Waals surface area (Å²) in [4.78, 5) is 34.2. The van der Waals surface area contributed by atoms with E-state index in [9.17, 15) is 14.0 Å². The van der Waals surface area contributed by atoms with E-state index in [0.29, 0.717) is 16.6 Å². The summed E-state index contributed by atoms with van der Waals surface area (Å²) in [5.41, 5.74) is 4.19. The summed E-state index contributed by atoms with van der Waals surface area (Å²) in [6, 6.07) is 9.15. The van der Waals surface area contributed by atoms with E-state index < -0.39 is 11.9 Å². The average molecular weight is 409 g/mol. The normalized spacial score (nSPS) is 16.1. The highest BCUT2D eigenvalue weighted by Crippen LogP contribution is 2.34. The number of aromatic nitrogens is 2. The third-order valence-electron chi connectivity index (χ3n) is 5.33. The van der Waals surface area contributed by atoms with Gasteiger partial charge in [0.2, 0.25) is 0 Å². The molecule has 0 aliphatic carbocycles. The zero-order valence-electron chi connectivity index (χ0n) is 15.4. The smallest absolute Gasteiger partial charge is 0.256 e. The molecule has 1 aliphatic rings. The fourth-order valence-electron chi connectivity index (χ4n) is 3.86. The number of thiazole rings is 1. The van der Waals surface area contributed by atoms with Gasteiger partial charge in [-0.1, -0.05) is 6.07 Å². The van der Waals surface area contributed by atoms with E-state index in [4.69, 9.17) is 4.74 Å². The molecule has 0 unspecified atom stereocenters. The first kappa shape index (κ1) is 18.0. The van der Waals surface area contributed by atoms with Crippen LogP contribution in [0.5, 0.6) is 0 Å². The molecule has 1 amide bonds. The number of nitrogens with zero attached hydrogens (tertiary/aromatic N) is 2. The second kappa shape index (κ2) is 6.75. The van der Waals surface area contributed by atoms with Gasteiger partial charge in [-0.05, 0) is 35.7 Å². The van der Waals surface area contributed by atoms with E-state index in [0.717, 1.165) is 15.8 Å². The van der Waals surface area contributed by atoms with Gasteiger partial charge in [0, 0.05) is 23.9 Å². The van der Waals surface area contributed by atoms with Gasteiger partial charge in [0.05, 0.1) is 40.4 Å². The maximum Gasteiger partial charge on any atom is 0.256 e. The molecule has 0 saturated heterocycles. The fraction of sp³-hybridized carbons (Fsp3) is 0.190. The van der Waals surface area contributed by atoms with Crippen LogP contribution in [0, 0.1) is 5.82 Å². The average Bonchev–Trinajstić information content (AvgIpc) is 3.20. The zero-order valence-corrected chi connectivity index (χ0v) is 16.3. The lowest BCUT2D eigenvalue weighted by atomic mass is 9.95. The molecule has 2 aromatic heterocycles. The van der Waals surface area contributed by atoms with Crippen LogP contribution < -0.4 is 5.56 Å². The number of amides is 1. The molecule has 3 heterocycles. The van der Waals surface area contributed by atoms with Gasteiger partial charge in [-0.15, -0.1) is 11.3 Å². The second-order valence-electron chi connectivity index (χ2n) is 7.02. The Balaban J connectivity index is 1.60. The Morgan fingerprint density at radius 3 is 3.00 bits per heavy atom. The molecule has 5 rings (SSSR count). The predicted octanol–water partition coefficient (Wildman–Crippen LogP) is 3.62. The third kappa shape index (κ3) is 2.92. The molecule has 0 bridgehead atoms. The molecule has 0 fully saturated rings. The number of hydrogen-bond donors (Lipinski definition) is 1. The largest absolute Gasteiger partial charge is 0.373 e. The minimum Gasteiger partial charge on any atom is -0.373 e. The number of halogens is 1. The van der Waals surface area contributed by atoms with Crippen molar-refractivity contribution in [1.82, 2.24) is 14.9 Å². The lowest BCUT2D eigenvalue weighted by Crippen LogP contribution is -2.37. The molecule has 0 radical (unpaired) electrons. The molecule has 1 N–H and O–H groups in total. The Morgan fingerprint density at radius 2 is 2.14 bits per heavy atom. The van der Waals surface area contributed by atoms with E-state index >= 15 is 0 Å². The molecular formula is C21H16FN3O3S. The summed E-state index contributed by atoms with van der Waals surface area (Å²) >= 11 is 1.48. The molecule has 29 heavy (non-hydrogen) atoms. The van der Waals surface area contributed by atoms with Crippen molar-refractivity contribution in [1.29, 1.82) is 0 Å². The molecular weight excluding hydrogens is 393 g/mol. The van der Waals surface area contributed by atoms with Crippen molar-refractivity contribution >= 4 is 38.2 Å². The molecule has 0 saturated carbocycles. The SMILES string of the molecule is CN(C(=O)c1ccc2ncsc2c1)[C@@H]1COCc2[nH]c(=O)c3cc(F)ccc3c21. The quantitative estimate of drug-likeness (QED) is 0.549. The summed E-state index contributed by atoms with van der Waals surface area (Å²) in [6.45, 7) is 0.528. The van der Waals surface area contributed by atoms with Crippen LogP contribution in [0.2, 0.25) is 0 Å². The third-order valence-corrected chi connectivity index (χ3v) is 6.12. The number of fused-ring (bicyclic) bond motifs is 4. The van der Waals surface area contributed by atoms with Crippen LogP contribution in [-0.2, 0) is 11.3 Å². The molecule has 146 valence electrons. The number of pyridine rings is 1. The van der Waals surface area contributed by atoms with E-state index in [1.165, 1.54) is 23.5 Å². The summed E-state index contributed by atoms with van der Waals surface area (Å²) in [5.74, 6) is -0.642. The number of nitrogens with one attached hydrogen (secondary N) is 1. The summed E-state index contributed by atoms with van der Waals surface area (Å²) in [7, 11) is 1.71. The van der Waals surface area contributed by atoms with E-state index in [2.05, 4.69) is 9.97 Å². The molecule has 8 heteroatoms. The zero-order chi connectivity index (χ0) is 20.1. The van der Waals surface area contributed by atoms with Crippen molar-refractivity contribution in [2.45, 2.75) is 12.6 Å². The van der Waals surface area contributed by atoms with Crippen LogP contribution >= 0.6 is 11.3 Å². The molecule has 6 nitrogen and oxygen atoms in total. The maximum absolute atomic E-state index is 13.7. The number of carbonyl (C=O) groups is 1. The lowest BCUT2D eigenvalue weighted by molar-refractivity contribution is 0.0336. The molecule has 4 aromatic rings. The Labute approximate surface area is 168 Å². The summed E-state index contributed by atoms with van der Waals surface area (Å²) in [5, 5.41) is 0.901. The fourth-order valence-corrected chi connectivity index (χ4v) is 4.58. The highest BCUT2D eigenvalue weighted by atomic mass is 32.1. The van der Waals surface area contributed by atoms with Gasteiger partial charge in [-0.3, -0.25) is 9.59 Å². The van der Waals surface area contributed by atoms with Crippen molar-refractivity contribution in [3.05, 3.63) is 74.9 Å². The topological polar surface area (TPSA) is 75.3 Å². The number of H-pyrrole nitrogens is 1. The first-order chi connectivity index (χ1) is 14.0. The number of carbonyl (C=O) groups excluding carboxylic acids is 1. The lowest BCUT2D eigenvalue weighted by Gasteiger charge is -2.33. The van der Waals surface area contributed by atoms with Crippen LogP contribution in [-0.4, -0.2) is 34.4 Å². The van der Waals surface area contributed by atoms with Gasteiger partial charge in [-0.2, -0.15) is 0 Å². The van der Waals surface area contributed by atoms with Gasteiger partial charge in [0.15, 0.2) is 0 Å². The minimum absolute atomic E-state index is 0.164. The van der Waals surface area contributed by atoms with Gasteiger partial charge >= 0.3 is 0 Å². The van der Waals surface area contributed by atoms with Gasteiger partial charge in [0.1, 0.15) is 5.82 Å². The van der Waals surface area contributed by atoms with Gasteiger partial charge in [0.25, 0.3) is 11.5 Å². The maximum atomic E-state index is 13.7. The monoisotopic (exact) mass is 409 g/mol. The van der Waals surface area contributed by atoms with Crippen LogP contribution in [0.15, 0.2) is 46.7 Å². The number of benzene rings is 2. The Hall–Kier alpha value is -3.10. The van der Waals surface area contributed by atoms with Gasteiger partial charge in [-0.25, -0.2) is 9.37 Å². The summed E-state index contributed by atoms with van der Waals surface area (Å²) < 4.78 is 20.3. The second-order valence-corrected chi connectivity index (χ2v) is 7.90. The van der Waals surface area contributed by atoms with Crippen molar-refractivity contribution in [2.24, 2.45) is 0 Å². The van der Waals surface area contributed by atoms with E-state index in [-0.39, 0.29) is 30.1 Å². The van der Waals surface area contributed by atoms with Crippen molar-refractivity contribution in [2.75, 3.05) is 13.7 Å². The summed E-state index contributed by atoms with van der Waals surface area (Å²) in [6.07, 6.45) is 0. The first-order valence-electron chi connectivity index (χ1n) is 9.05. The van der Waals surface area contributed by atoms with Crippen molar-refractivity contribution < 1.29 is 13.9 Å². The van der Waals surface area contributed by atoms with Crippen LogP contribution in [0.1, 0.15) is 27.7 Å². The molecule has 1 aliphatic heterocycles. The van der Waals surface area contributed by atoms with Crippen LogP contribution in [0.4, 0.5) is 4.39 Å². The highest BCUT2D eigenvalue weighted by Gasteiger charge is 2.31. The van der Waals surface area contributed by atoms with Crippen LogP contribution in [0.25, 0.3) is 21.0 Å². The molecule has 2 aromatic carbocycles. The van der Waals surface area contributed by atoms with E-state index in [1.807, 2.05) is 12.1 Å². The van der Waals surface area contributed by atoms with Crippen molar-refractivity contribution in [3.63, 3.8) is 0 Å². The highest BCUT2D eigenvalue weighted by molar-refractivity contribution is 7.16. The number of likely N-dealkylation sites (N-methyl/N-ethyl adjacent to an activating group) is 1. The first-order valence-corrected chi connectivity index (χ1v) is 9.93.